The molecule has 4 amide bonds. The van der Waals surface area contributed by atoms with Crippen molar-refractivity contribution in [1.82, 2.24) is 0 Å². The number of rotatable bonds is 3. The number of carbonyl (C=O) groups excluding carboxylic acids is 4. The average molecular weight is 718 g/mol. The Morgan fingerprint density at radius 2 is 1.68 bits per heavy atom. The van der Waals surface area contributed by atoms with Crippen LogP contribution >= 0.6 is 27.5 Å². The summed E-state index contributed by atoms with van der Waals surface area (Å²) in [5.41, 5.74) is 1.59. The highest BCUT2D eigenvalue weighted by Crippen LogP contribution is 2.63. The van der Waals surface area contributed by atoms with E-state index in [9.17, 15) is 28.7 Å². The Balaban J connectivity index is 1.25. The number of nitrogens with zero attached hydrogens (tertiary/aromatic N) is 2. The van der Waals surface area contributed by atoms with E-state index in [2.05, 4.69) is 15.9 Å². The van der Waals surface area contributed by atoms with Crippen LogP contribution < -0.4 is 14.5 Å². The highest BCUT2D eigenvalue weighted by molar-refractivity contribution is 9.10. The maximum Gasteiger partial charge on any atom is 0.241 e. The van der Waals surface area contributed by atoms with Gasteiger partial charge in [-0.25, -0.2) is 9.29 Å². The first-order valence-electron chi connectivity index (χ1n) is 15.3. The van der Waals surface area contributed by atoms with Gasteiger partial charge in [0.1, 0.15) is 17.3 Å². The van der Waals surface area contributed by atoms with Gasteiger partial charge in [0.2, 0.25) is 23.6 Å². The van der Waals surface area contributed by atoms with E-state index in [-0.39, 0.29) is 34.7 Å². The number of phenolic OH excluding ortho intramolecular Hbond substituents is 1. The van der Waals surface area contributed by atoms with Gasteiger partial charge in [0.05, 0.1) is 45.8 Å². The van der Waals surface area contributed by atoms with Crippen LogP contribution in [-0.2, 0) is 25.6 Å². The Bertz CT molecular complexity index is 2000. The van der Waals surface area contributed by atoms with E-state index >= 15 is 0 Å². The molecule has 2 aliphatic carbocycles. The third-order valence-electron chi connectivity index (χ3n) is 10.7. The van der Waals surface area contributed by atoms with E-state index in [0.717, 1.165) is 21.0 Å². The summed E-state index contributed by atoms with van der Waals surface area (Å²) in [6.07, 6.45) is 4.39. The van der Waals surface area contributed by atoms with Crippen LogP contribution in [0.5, 0.6) is 11.5 Å². The van der Waals surface area contributed by atoms with Crippen molar-refractivity contribution in [3.63, 3.8) is 0 Å². The van der Waals surface area contributed by atoms with Crippen molar-refractivity contribution in [2.45, 2.75) is 26.2 Å². The Hall–Kier alpha value is -4.28. The van der Waals surface area contributed by atoms with Crippen LogP contribution in [0.25, 0.3) is 0 Å². The summed E-state index contributed by atoms with van der Waals surface area (Å²) in [5.74, 6) is -4.96. The van der Waals surface area contributed by atoms with Gasteiger partial charge in [0.25, 0.3) is 0 Å². The lowest BCUT2D eigenvalue weighted by molar-refractivity contribution is -0.132. The molecule has 0 radical (unpaired) electrons. The number of ether oxygens (including phenoxy) is 1. The van der Waals surface area contributed by atoms with Crippen LogP contribution in [0.4, 0.5) is 15.8 Å². The summed E-state index contributed by atoms with van der Waals surface area (Å²) < 4.78 is 21.0. The summed E-state index contributed by atoms with van der Waals surface area (Å²) in [4.78, 5) is 59.3. The molecule has 1 N–H and O–H groups in total. The zero-order chi connectivity index (χ0) is 32.9. The van der Waals surface area contributed by atoms with Crippen molar-refractivity contribution in [2.24, 2.45) is 35.0 Å². The maximum absolute atomic E-state index is 14.6. The first-order chi connectivity index (χ1) is 22.5. The van der Waals surface area contributed by atoms with Gasteiger partial charge < -0.3 is 9.84 Å². The number of imide groups is 2. The van der Waals surface area contributed by atoms with E-state index < -0.39 is 52.6 Å². The second-order valence-electron chi connectivity index (χ2n) is 13.0. The number of benzene rings is 3. The van der Waals surface area contributed by atoms with Crippen molar-refractivity contribution in [3.8, 4) is 11.5 Å². The van der Waals surface area contributed by atoms with E-state index in [0.29, 0.717) is 35.4 Å². The largest absolute Gasteiger partial charge is 0.508 e. The first kappa shape index (κ1) is 30.1. The third kappa shape index (κ3) is 4.30. The standard InChI is InChI=1S/C36H27BrClFN2O6/c1-36-26(33(44)41(35(36)46)21-6-10-28(39)27(38)14-21)15-25-23(31(36)18-12-17-13-22(42)7-11-29(17)47-16-18)8-9-24-30(25)34(45)40(32(24)43)20-4-2-19(37)3-5-20/h2-8,10-11,13-14,16,24-26,30-31,42H,9,12,15H2,1H3. The fourth-order valence-corrected chi connectivity index (χ4v) is 9.00. The lowest BCUT2D eigenvalue weighted by Crippen LogP contribution is -2.51. The molecule has 47 heavy (non-hydrogen) atoms. The predicted molar refractivity (Wildman–Crippen MR) is 174 cm³/mol. The van der Waals surface area contributed by atoms with E-state index in [1.54, 1.807) is 49.6 Å². The highest BCUT2D eigenvalue weighted by atomic mass is 79.9. The SMILES string of the molecule is CC12C(=O)N(c3ccc(F)c(Cl)c3)C(=O)C1CC1C(=CCC3C(=O)N(c4ccc(Br)cc4)C(=O)C31)C2C1=COc2ccc(O)cc2C1. The molecular formula is C36H27BrClFN2O6. The van der Waals surface area contributed by atoms with Crippen molar-refractivity contribution in [1.29, 1.82) is 0 Å². The number of allylic oxidation sites excluding steroid dienone is 3. The Labute approximate surface area is 282 Å². The fraction of sp³-hybridized carbons (Fsp3) is 0.278. The van der Waals surface area contributed by atoms with Gasteiger partial charge in [-0.05, 0) is 91.9 Å². The molecule has 238 valence electrons. The monoisotopic (exact) mass is 716 g/mol. The number of carbonyl (C=O) groups is 4. The number of aromatic hydroxyl groups is 1. The summed E-state index contributed by atoms with van der Waals surface area (Å²) in [6, 6.07) is 15.5. The van der Waals surface area contributed by atoms with Gasteiger partial charge in [-0.3, -0.25) is 24.1 Å². The number of halogens is 3. The molecular weight excluding hydrogens is 691 g/mol. The Morgan fingerprint density at radius 3 is 2.43 bits per heavy atom. The molecule has 0 bridgehead atoms. The van der Waals surface area contributed by atoms with Gasteiger partial charge in [-0.15, -0.1) is 0 Å². The predicted octanol–water partition coefficient (Wildman–Crippen LogP) is 6.73. The van der Waals surface area contributed by atoms with Crippen LogP contribution in [0.1, 0.15) is 25.3 Å². The fourth-order valence-electron chi connectivity index (χ4n) is 8.56. The summed E-state index contributed by atoms with van der Waals surface area (Å²) in [7, 11) is 0. The van der Waals surface area contributed by atoms with Crippen molar-refractivity contribution < 1.29 is 33.4 Å². The van der Waals surface area contributed by atoms with E-state index in [1.807, 2.05) is 6.08 Å². The van der Waals surface area contributed by atoms with Crippen molar-refractivity contribution >= 4 is 62.5 Å². The maximum atomic E-state index is 14.6. The normalized spacial score (nSPS) is 29.5. The molecule has 0 spiro atoms. The molecule has 5 aliphatic rings. The summed E-state index contributed by atoms with van der Waals surface area (Å²) in [6.45, 7) is 1.77. The highest BCUT2D eigenvalue weighted by Gasteiger charge is 2.68. The number of hydrogen-bond acceptors (Lipinski definition) is 6. The van der Waals surface area contributed by atoms with Crippen LogP contribution in [0.3, 0.4) is 0 Å². The number of fused-ring (bicyclic) bond motifs is 5. The molecule has 3 aromatic carbocycles. The van der Waals surface area contributed by atoms with Crippen LogP contribution in [0.15, 0.2) is 88.6 Å². The van der Waals surface area contributed by atoms with Crippen molar-refractivity contribution in [2.75, 3.05) is 9.80 Å². The van der Waals surface area contributed by atoms with Gasteiger partial charge in [-0.2, -0.15) is 0 Å². The molecule has 3 fully saturated rings. The molecule has 1 saturated carbocycles. The van der Waals surface area contributed by atoms with E-state index in [4.69, 9.17) is 16.3 Å². The topological polar surface area (TPSA) is 104 Å². The second kappa shape index (κ2) is 10.6. The molecule has 3 aromatic rings. The van der Waals surface area contributed by atoms with Gasteiger partial charge in [-0.1, -0.05) is 39.2 Å². The zero-order valence-corrected chi connectivity index (χ0v) is 27.3. The molecule has 3 aliphatic heterocycles. The second-order valence-corrected chi connectivity index (χ2v) is 14.4. The smallest absolute Gasteiger partial charge is 0.241 e. The minimum atomic E-state index is -1.30. The quantitative estimate of drug-likeness (QED) is 0.238. The van der Waals surface area contributed by atoms with Crippen molar-refractivity contribution in [3.05, 3.63) is 105 Å². The van der Waals surface area contributed by atoms with Crippen LogP contribution in [0.2, 0.25) is 5.02 Å². The van der Waals surface area contributed by atoms with E-state index in [1.165, 1.54) is 23.1 Å². The summed E-state index contributed by atoms with van der Waals surface area (Å²) >= 11 is 9.50. The number of hydrogen-bond donors (Lipinski definition) is 1. The third-order valence-corrected chi connectivity index (χ3v) is 11.5. The first-order valence-corrected chi connectivity index (χ1v) is 16.5. The molecule has 8 rings (SSSR count). The van der Waals surface area contributed by atoms with Gasteiger partial charge in [0.15, 0.2) is 0 Å². The number of phenols is 1. The molecule has 3 heterocycles. The Kier molecular flexibility index (Phi) is 6.79. The number of anilines is 2. The van der Waals surface area contributed by atoms with Gasteiger partial charge >= 0.3 is 0 Å². The lowest BCUT2D eigenvalue weighted by atomic mass is 9.51. The minimum absolute atomic E-state index is 0.0634. The molecule has 8 nitrogen and oxygen atoms in total. The Morgan fingerprint density at radius 1 is 0.936 bits per heavy atom. The average Bonchev–Trinajstić information content (AvgIpc) is 3.42. The lowest BCUT2D eigenvalue weighted by Gasteiger charge is -2.49. The molecule has 6 atom stereocenters. The van der Waals surface area contributed by atoms with Gasteiger partial charge in [0, 0.05) is 22.4 Å². The zero-order valence-electron chi connectivity index (χ0n) is 25.0. The van der Waals surface area contributed by atoms with Crippen LogP contribution in [0, 0.1) is 40.8 Å². The number of amides is 4. The minimum Gasteiger partial charge on any atom is -0.508 e. The molecule has 11 heteroatoms. The molecule has 6 unspecified atom stereocenters. The van der Waals surface area contributed by atoms with Crippen LogP contribution in [-0.4, -0.2) is 28.7 Å². The summed E-state index contributed by atoms with van der Waals surface area (Å²) in [5, 5.41) is 10.0. The molecule has 0 aromatic heterocycles. The molecule has 2 saturated heterocycles.